The molecule has 0 N–H and O–H groups in total. The van der Waals surface area contributed by atoms with E-state index in [1.807, 2.05) is 19.9 Å². The highest BCUT2D eigenvalue weighted by atomic mass is 35.5. The molecule has 0 spiro atoms. The zero-order valence-corrected chi connectivity index (χ0v) is 19.3. The van der Waals surface area contributed by atoms with Crippen LogP contribution in [0.2, 0.25) is 5.02 Å². The summed E-state index contributed by atoms with van der Waals surface area (Å²) in [6.07, 6.45) is 1.04. The number of ether oxygens (including phenoxy) is 1. The minimum atomic E-state index is -2.52. The summed E-state index contributed by atoms with van der Waals surface area (Å²) >= 11 is 6.26. The largest absolute Gasteiger partial charge is 0.496 e. The number of carbonyl (C=O) groups excluding carboxylic acids is 2. The maximum atomic E-state index is 13.6. The van der Waals surface area contributed by atoms with Crippen LogP contribution >= 0.6 is 19.4 Å². The summed E-state index contributed by atoms with van der Waals surface area (Å²) in [7, 11) is -1.09. The molecule has 3 rings (SSSR count). The zero-order valence-electron chi connectivity index (χ0n) is 17.6. The van der Waals surface area contributed by atoms with Gasteiger partial charge in [-0.15, -0.1) is 0 Å². The van der Waals surface area contributed by atoms with E-state index >= 15 is 0 Å². The van der Waals surface area contributed by atoms with Gasteiger partial charge in [0.1, 0.15) is 11.3 Å². The average molecular weight is 454 g/mol. The Labute approximate surface area is 188 Å². The number of benzene rings is 3. The van der Waals surface area contributed by atoms with Crippen LogP contribution in [-0.4, -0.2) is 18.4 Å². The van der Waals surface area contributed by atoms with E-state index < -0.39 is 13.3 Å². The molecular weight excluding hydrogens is 431 g/mol. The maximum absolute atomic E-state index is 13.6. The quantitative estimate of drug-likeness (QED) is 0.310. The number of hydrogen-bond acceptors (Lipinski definition) is 4. The van der Waals surface area contributed by atoms with E-state index in [0.29, 0.717) is 34.8 Å². The van der Waals surface area contributed by atoms with Gasteiger partial charge in [-0.3, -0.25) is 4.79 Å². The predicted molar refractivity (Wildman–Crippen MR) is 125 cm³/mol. The third kappa shape index (κ3) is 4.46. The Morgan fingerprint density at radius 2 is 1.65 bits per heavy atom. The summed E-state index contributed by atoms with van der Waals surface area (Å²) in [4.78, 5) is 26.5. The van der Waals surface area contributed by atoms with Crippen LogP contribution in [0, 0.1) is 0 Å². The van der Waals surface area contributed by atoms with Gasteiger partial charge < -0.3 is 4.74 Å². The molecule has 0 heterocycles. The Kier molecular flexibility index (Phi) is 7.37. The smallest absolute Gasteiger partial charge is 0.459 e. The van der Waals surface area contributed by atoms with Gasteiger partial charge in [0, 0.05) is 22.3 Å². The summed E-state index contributed by atoms with van der Waals surface area (Å²) < 4.78 is 18.9. The minimum Gasteiger partial charge on any atom is -0.496 e. The summed E-state index contributed by atoms with van der Waals surface area (Å²) in [6, 6.07) is 17.3. The second kappa shape index (κ2) is 10.00. The van der Waals surface area contributed by atoms with E-state index in [2.05, 4.69) is 0 Å². The fourth-order valence-corrected chi connectivity index (χ4v) is 5.60. The van der Waals surface area contributed by atoms with Crippen LogP contribution in [0.1, 0.15) is 51.3 Å². The van der Waals surface area contributed by atoms with Gasteiger partial charge in [0.05, 0.1) is 12.1 Å². The van der Waals surface area contributed by atoms with Crippen LogP contribution in [0.5, 0.6) is 5.75 Å². The zero-order chi connectivity index (χ0) is 22.5. The van der Waals surface area contributed by atoms with Gasteiger partial charge in [-0.25, -0.2) is 4.79 Å². The predicted octanol–water partition coefficient (Wildman–Crippen LogP) is 6.00. The lowest BCUT2D eigenvalue weighted by atomic mass is 9.94. The number of methoxy groups -OCH3 is 1. The van der Waals surface area contributed by atoms with Gasteiger partial charge >= 0.3 is 13.3 Å². The highest BCUT2D eigenvalue weighted by Gasteiger charge is 2.41. The van der Waals surface area contributed by atoms with Crippen molar-refractivity contribution >= 4 is 36.0 Å². The minimum absolute atomic E-state index is 0.0941. The van der Waals surface area contributed by atoms with Gasteiger partial charge in [0.15, 0.2) is 5.78 Å². The molecule has 0 amide bonds. The van der Waals surface area contributed by atoms with Crippen molar-refractivity contribution in [2.45, 2.75) is 26.7 Å². The van der Waals surface area contributed by atoms with Gasteiger partial charge in [-0.1, -0.05) is 78.5 Å². The molecule has 3 aromatic rings. The van der Waals surface area contributed by atoms with Gasteiger partial charge in [0.2, 0.25) is 5.30 Å². The van der Waals surface area contributed by atoms with Crippen LogP contribution in [0.4, 0.5) is 0 Å². The van der Waals surface area contributed by atoms with E-state index in [1.165, 1.54) is 7.11 Å². The molecule has 6 heteroatoms. The van der Waals surface area contributed by atoms with Crippen molar-refractivity contribution in [2.75, 3.05) is 7.11 Å². The second-order valence-corrected chi connectivity index (χ2v) is 8.77. The molecule has 3 aromatic carbocycles. The molecule has 0 aliphatic rings. The molecule has 1 atom stereocenters. The van der Waals surface area contributed by atoms with Crippen LogP contribution in [0.25, 0.3) is 0 Å². The van der Waals surface area contributed by atoms with Crippen molar-refractivity contribution in [3.63, 3.8) is 0 Å². The molecule has 0 fully saturated rings. The molecule has 31 heavy (non-hydrogen) atoms. The number of hydrogen-bond donors (Lipinski definition) is 0. The standard InChI is InChI=1S/C25H23ClO4P/c1-4-16-14-15-19(23(27)17-10-7-6-8-11-17)18(5-2)24(16)31(29)25(28)22-20(26)12-9-13-21(22)30-3/h6-15H,4-5H2,1-3H3/q+1. The fourth-order valence-electron chi connectivity index (χ4n) is 3.62. The lowest BCUT2D eigenvalue weighted by Gasteiger charge is -2.11. The highest BCUT2D eigenvalue weighted by Crippen LogP contribution is 2.38. The van der Waals surface area contributed by atoms with Crippen molar-refractivity contribution in [1.82, 2.24) is 0 Å². The van der Waals surface area contributed by atoms with Crippen molar-refractivity contribution in [3.05, 3.63) is 93.5 Å². The van der Waals surface area contributed by atoms with Gasteiger partial charge in [-0.05, 0) is 25.0 Å². The number of rotatable bonds is 8. The summed E-state index contributed by atoms with van der Waals surface area (Å²) in [6.45, 7) is 3.82. The average Bonchev–Trinajstić information content (AvgIpc) is 2.81. The molecule has 0 aliphatic carbocycles. The number of carbonyl (C=O) groups is 2. The number of ketones is 1. The lowest BCUT2D eigenvalue weighted by molar-refractivity contribution is 0.103. The van der Waals surface area contributed by atoms with Crippen LogP contribution in [-0.2, 0) is 17.4 Å². The Hall–Kier alpha value is -2.81. The molecule has 0 aliphatic heterocycles. The first-order valence-electron chi connectivity index (χ1n) is 10.0. The van der Waals surface area contributed by atoms with Crippen molar-refractivity contribution in [1.29, 1.82) is 0 Å². The van der Waals surface area contributed by atoms with Crippen molar-refractivity contribution < 1.29 is 18.9 Å². The summed E-state index contributed by atoms with van der Waals surface area (Å²) in [5, 5.41) is 0.606. The Bertz CT molecular complexity index is 1160. The van der Waals surface area contributed by atoms with E-state index in [-0.39, 0.29) is 22.1 Å². The molecule has 158 valence electrons. The SMILES string of the molecule is CCc1ccc(C(=O)c2ccccc2)c(CC)c1[P+](=O)C(=O)c1c(Cl)cccc1OC. The second-order valence-electron chi connectivity index (χ2n) is 6.92. The fraction of sp³-hybridized carbons (Fsp3) is 0.200. The molecule has 4 nitrogen and oxygen atoms in total. The van der Waals surface area contributed by atoms with E-state index in [4.69, 9.17) is 16.3 Å². The van der Waals surface area contributed by atoms with E-state index in [0.717, 1.165) is 5.56 Å². The first-order chi connectivity index (χ1) is 14.9. The third-order valence-corrected chi connectivity index (χ3v) is 7.05. The molecule has 1 unspecified atom stereocenters. The molecule has 0 bridgehead atoms. The molecule has 0 aromatic heterocycles. The topological polar surface area (TPSA) is 60.4 Å². The molecule has 0 saturated heterocycles. The van der Waals surface area contributed by atoms with Gasteiger partial charge in [-0.2, -0.15) is 0 Å². The van der Waals surface area contributed by atoms with Crippen molar-refractivity contribution in [3.8, 4) is 5.75 Å². The van der Waals surface area contributed by atoms with Crippen molar-refractivity contribution in [2.24, 2.45) is 0 Å². The first-order valence-corrected chi connectivity index (χ1v) is 11.7. The van der Waals surface area contributed by atoms with E-state index in [9.17, 15) is 14.2 Å². The normalized spacial score (nSPS) is 11.2. The molecule has 0 radical (unpaired) electrons. The molecule has 0 saturated carbocycles. The van der Waals surface area contributed by atoms with Gasteiger partial charge in [0.25, 0.3) is 0 Å². The monoisotopic (exact) mass is 453 g/mol. The maximum Gasteiger partial charge on any atom is 0.459 e. The number of aryl methyl sites for hydroxylation is 1. The Balaban J connectivity index is 2.17. The number of halogens is 1. The highest BCUT2D eigenvalue weighted by molar-refractivity contribution is 7.71. The van der Waals surface area contributed by atoms with Crippen LogP contribution < -0.4 is 10.0 Å². The summed E-state index contributed by atoms with van der Waals surface area (Å²) in [5.74, 6) is 0.112. The summed E-state index contributed by atoms with van der Waals surface area (Å²) in [5.41, 5.74) is 1.91. The van der Waals surface area contributed by atoms with Crippen LogP contribution in [0.15, 0.2) is 60.7 Å². The molecular formula is C25H23ClO4P+. The lowest BCUT2D eigenvalue weighted by Crippen LogP contribution is -2.20. The first kappa shape index (κ1) is 22.9. The van der Waals surface area contributed by atoms with Crippen LogP contribution in [0.3, 0.4) is 0 Å². The van der Waals surface area contributed by atoms with E-state index in [1.54, 1.807) is 54.6 Å². The third-order valence-electron chi connectivity index (χ3n) is 5.18. The Morgan fingerprint density at radius 1 is 0.935 bits per heavy atom. The Morgan fingerprint density at radius 3 is 2.26 bits per heavy atom.